The smallest absolute Gasteiger partial charge is 0.316 e. The molecule has 0 aromatic carbocycles. The summed E-state index contributed by atoms with van der Waals surface area (Å²) in [5.74, 6) is 1.64. The van der Waals surface area contributed by atoms with Crippen molar-refractivity contribution in [2.75, 3.05) is 0 Å². The van der Waals surface area contributed by atoms with Crippen molar-refractivity contribution in [3.05, 3.63) is 0 Å². The Bertz CT molecular complexity index is 203. The summed E-state index contributed by atoms with van der Waals surface area (Å²) in [6.45, 7) is 0. The van der Waals surface area contributed by atoms with Gasteiger partial charge in [-0.05, 0) is 0 Å². The van der Waals surface area contributed by atoms with Crippen LogP contribution in [-0.2, 0) is 4.79 Å². The number of urea groups is 1. The Balaban J connectivity index is 2.72. The standard InChI is InChI=1S/C5H4N2O2/c1-2-3-4(8)7-5(9)6-3/h1,3H,(H2,6,7,8,9)/t3-/m0/s1. The van der Waals surface area contributed by atoms with Crippen molar-refractivity contribution in [1.82, 2.24) is 10.6 Å². The molecule has 9 heavy (non-hydrogen) atoms. The number of amides is 3. The Morgan fingerprint density at radius 2 is 2.22 bits per heavy atom. The van der Waals surface area contributed by atoms with Gasteiger partial charge in [0.1, 0.15) is 0 Å². The number of carbonyl (C=O) groups is 2. The molecule has 1 fully saturated rings. The fourth-order valence-corrected chi connectivity index (χ4v) is 0.534. The van der Waals surface area contributed by atoms with E-state index in [-0.39, 0.29) is 0 Å². The van der Waals surface area contributed by atoms with Crippen LogP contribution in [0.5, 0.6) is 0 Å². The Labute approximate surface area is 51.6 Å². The second-order valence-corrected chi connectivity index (χ2v) is 1.56. The number of hydrogen-bond acceptors (Lipinski definition) is 2. The average molecular weight is 124 g/mol. The summed E-state index contributed by atoms with van der Waals surface area (Å²) in [5.41, 5.74) is 0. The van der Waals surface area contributed by atoms with Gasteiger partial charge < -0.3 is 5.32 Å². The fourth-order valence-electron chi connectivity index (χ4n) is 0.534. The normalized spacial score (nSPS) is 24.6. The van der Waals surface area contributed by atoms with Gasteiger partial charge >= 0.3 is 6.03 Å². The van der Waals surface area contributed by atoms with E-state index in [1.54, 1.807) is 0 Å². The second-order valence-electron chi connectivity index (χ2n) is 1.56. The number of rotatable bonds is 0. The van der Waals surface area contributed by atoms with Gasteiger partial charge in [0.05, 0.1) is 0 Å². The van der Waals surface area contributed by atoms with E-state index >= 15 is 0 Å². The third-order valence-corrected chi connectivity index (χ3v) is 0.941. The molecule has 0 aliphatic carbocycles. The molecule has 3 amide bonds. The molecule has 4 heteroatoms. The van der Waals surface area contributed by atoms with Crippen molar-refractivity contribution in [3.63, 3.8) is 0 Å². The molecule has 0 aromatic heterocycles. The molecule has 0 radical (unpaired) electrons. The lowest BCUT2D eigenvalue weighted by molar-refractivity contribution is -0.119. The van der Waals surface area contributed by atoms with Crippen LogP contribution in [0.4, 0.5) is 4.79 Å². The summed E-state index contributed by atoms with van der Waals surface area (Å²) < 4.78 is 0. The number of nitrogens with one attached hydrogen (secondary N) is 2. The minimum absolute atomic E-state index is 0.456. The fraction of sp³-hybridized carbons (Fsp3) is 0.200. The minimum Gasteiger partial charge on any atom is -0.316 e. The van der Waals surface area contributed by atoms with Gasteiger partial charge in [0.2, 0.25) is 0 Å². The highest BCUT2D eigenvalue weighted by atomic mass is 16.2. The molecule has 0 aromatic rings. The lowest BCUT2D eigenvalue weighted by Gasteiger charge is -1.91. The minimum atomic E-state index is -0.780. The molecule has 0 unspecified atom stereocenters. The number of imide groups is 1. The highest BCUT2D eigenvalue weighted by molar-refractivity contribution is 6.05. The lowest BCUT2D eigenvalue weighted by atomic mass is 10.3. The van der Waals surface area contributed by atoms with Crippen LogP contribution < -0.4 is 10.6 Å². The summed E-state index contributed by atoms with van der Waals surface area (Å²) in [4.78, 5) is 20.8. The molecule has 4 nitrogen and oxygen atoms in total. The first kappa shape index (κ1) is 5.63. The van der Waals surface area contributed by atoms with Crippen molar-refractivity contribution in [2.45, 2.75) is 6.04 Å². The monoisotopic (exact) mass is 124 g/mol. The van der Waals surface area contributed by atoms with Crippen molar-refractivity contribution >= 4 is 11.9 Å². The summed E-state index contributed by atoms with van der Waals surface area (Å²) in [6.07, 6.45) is 4.86. The quantitative estimate of drug-likeness (QED) is 0.315. The molecule has 0 spiro atoms. The van der Waals surface area contributed by atoms with E-state index in [0.29, 0.717) is 0 Å². The van der Waals surface area contributed by atoms with Gasteiger partial charge in [0.15, 0.2) is 6.04 Å². The summed E-state index contributed by atoms with van der Waals surface area (Å²) in [7, 11) is 0. The van der Waals surface area contributed by atoms with Crippen LogP contribution in [0.25, 0.3) is 0 Å². The largest absolute Gasteiger partial charge is 0.322 e. The lowest BCUT2D eigenvalue weighted by Crippen LogP contribution is -2.26. The average Bonchev–Trinajstić information content (AvgIpc) is 2.10. The van der Waals surface area contributed by atoms with Crippen LogP contribution in [0.2, 0.25) is 0 Å². The van der Waals surface area contributed by atoms with E-state index in [2.05, 4.69) is 11.2 Å². The van der Waals surface area contributed by atoms with Crippen molar-refractivity contribution in [2.24, 2.45) is 0 Å². The molecule has 1 heterocycles. The van der Waals surface area contributed by atoms with Crippen molar-refractivity contribution in [1.29, 1.82) is 0 Å². The first-order chi connectivity index (χ1) is 4.24. The Hall–Kier alpha value is -1.50. The third-order valence-electron chi connectivity index (χ3n) is 0.941. The molecule has 1 aliphatic heterocycles. The first-order valence-electron chi connectivity index (χ1n) is 2.31. The van der Waals surface area contributed by atoms with E-state index < -0.39 is 18.0 Å². The molecule has 46 valence electrons. The summed E-state index contributed by atoms with van der Waals surface area (Å²) >= 11 is 0. The molecule has 1 rings (SSSR count). The SMILES string of the molecule is C#C[C@@H]1NC(=O)NC1=O. The van der Waals surface area contributed by atoms with Crippen molar-refractivity contribution in [3.8, 4) is 12.3 Å². The maximum Gasteiger partial charge on any atom is 0.322 e. The first-order valence-corrected chi connectivity index (χ1v) is 2.31. The predicted octanol–water partition coefficient (Wildman–Crippen LogP) is -1.17. The predicted molar refractivity (Wildman–Crippen MR) is 29.3 cm³/mol. The Kier molecular flexibility index (Phi) is 1.12. The van der Waals surface area contributed by atoms with Crippen LogP contribution in [0.3, 0.4) is 0 Å². The van der Waals surface area contributed by atoms with Gasteiger partial charge in [0.25, 0.3) is 5.91 Å². The molecule has 2 N–H and O–H groups in total. The highest BCUT2D eigenvalue weighted by Crippen LogP contribution is 1.88. The zero-order valence-electron chi connectivity index (χ0n) is 4.47. The highest BCUT2D eigenvalue weighted by Gasteiger charge is 2.26. The Morgan fingerprint density at radius 3 is 2.44 bits per heavy atom. The van der Waals surface area contributed by atoms with Gasteiger partial charge in [0, 0.05) is 0 Å². The van der Waals surface area contributed by atoms with Gasteiger partial charge in [-0.15, -0.1) is 6.42 Å². The van der Waals surface area contributed by atoms with Gasteiger partial charge in [-0.2, -0.15) is 0 Å². The van der Waals surface area contributed by atoms with Crippen LogP contribution in [0, 0.1) is 12.3 Å². The van der Waals surface area contributed by atoms with E-state index in [0.717, 1.165) is 0 Å². The molecule has 0 bridgehead atoms. The molecule has 1 aliphatic rings. The molecule has 1 atom stereocenters. The van der Waals surface area contributed by atoms with Crippen LogP contribution in [0.15, 0.2) is 0 Å². The van der Waals surface area contributed by atoms with E-state index in [4.69, 9.17) is 6.42 Å². The number of terminal acetylenes is 1. The topological polar surface area (TPSA) is 58.2 Å². The maximum absolute atomic E-state index is 10.5. The van der Waals surface area contributed by atoms with Gasteiger partial charge in [-0.3, -0.25) is 10.1 Å². The molecular formula is C5H4N2O2. The molecule has 0 saturated carbocycles. The Morgan fingerprint density at radius 1 is 1.56 bits per heavy atom. The summed E-state index contributed by atoms with van der Waals surface area (Å²) in [6, 6.07) is -1.31. The van der Waals surface area contributed by atoms with Crippen LogP contribution in [0.1, 0.15) is 0 Å². The summed E-state index contributed by atoms with van der Waals surface area (Å²) in [5, 5.41) is 4.20. The number of carbonyl (C=O) groups excluding carboxylic acids is 2. The van der Waals surface area contributed by atoms with Gasteiger partial charge in [-0.1, -0.05) is 5.92 Å². The zero-order chi connectivity index (χ0) is 6.85. The van der Waals surface area contributed by atoms with E-state index in [9.17, 15) is 9.59 Å². The maximum atomic E-state index is 10.5. The third kappa shape index (κ3) is 0.842. The second kappa shape index (κ2) is 1.78. The molecule has 1 saturated heterocycles. The van der Waals surface area contributed by atoms with Crippen molar-refractivity contribution < 1.29 is 9.59 Å². The molecular weight excluding hydrogens is 120 g/mol. The number of hydrogen-bond donors (Lipinski definition) is 2. The van der Waals surface area contributed by atoms with E-state index in [1.807, 2.05) is 5.32 Å². The van der Waals surface area contributed by atoms with Gasteiger partial charge in [-0.25, -0.2) is 4.79 Å². The van der Waals surface area contributed by atoms with Crippen LogP contribution in [-0.4, -0.2) is 18.0 Å². The van der Waals surface area contributed by atoms with E-state index in [1.165, 1.54) is 0 Å². The zero-order valence-corrected chi connectivity index (χ0v) is 4.47. The van der Waals surface area contributed by atoms with Crippen LogP contribution >= 0.6 is 0 Å².